The van der Waals surface area contributed by atoms with Crippen LogP contribution in [-0.2, 0) is 11.2 Å². The summed E-state index contributed by atoms with van der Waals surface area (Å²) in [6, 6.07) is 14.1. The Kier molecular flexibility index (Phi) is 3.95. The first-order valence-electron chi connectivity index (χ1n) is 6.12. The summed E-state index contributed by atoms with van der Waals surface area (Å²) < 4.78 is 13.6. The maximum Gasteiger partial charge on any atom is 0.226 e. The first-order valence-corrected chi connectivity index (χ1v) is 6.12. The number of hydrogen-bond acceptors (Lipinski definition) is 1. The zero-order chi connectivity index (χ0) is 13.8. The van der Waals surface area contributed by atoms with E-state index in [2.05, 4.69) is 0 Å². The minimum atomic E-state index is -0.236. The molecular weight excluding hydrogens is 241 g/mol. The van der Waals surface area contributed by atoms with Crippen LogP contribution < -0.4 is 0 Å². The highest BCUT2D eigenvalue weighted by atomic mass is 19.1. The van der Waals surface area contributed by atoms with Crippen LogP contribution in [0.15, 0.2) is 48.5 Å². The van der Waals surface area contributed by atoms with Crippen LogP contribution in [-0.4, -0.2) is 24.9 Å². The first-order chi connectivity index (χ1) is 9.08. The number of benzene rings is 2. The first kappa shape index (κ1) is 13.3. The van der Waals surface area contributed by atoms with E-state index in [0.717, 1.165) is 11.1 Å². The van der Waals surface area contributed by atoms with Crippen LogP contribution in [0.25, 0.3) is 11.1 Å². The lowest BCUT2D eigenvalue weighted by molar-refractivity contribution is -0.127. The molecule has 2 nitrogen and oxygen atoms in total. The predicted molar refractivity (Wildman–Crippen MR) is 74.2 cm³/mol. The van der Waals surface area contributed by atoms with Gasteiger partial charge in [-0.2, -0.15) is 0 Å². The fraction of sp³-hybridized carbons (Fsp3) is 0.188. The summed E-state index contributed by atoms with van der Waals surface area (Å²) in [6.45, 7) is 0. The number of amides is 1. The molecule has 0 saturated heterocycles. The van der Waals surface area contributed by atoms with E-state index in [9.17, 15) is 9.18 Å². The molecule has 19 heavy (non-hydrogen) atoms. The summed E-state index contributed by atoms with van der Waals surface area (Å²) in [6.07, 6.45) is 0.366. The molecule has 3 heteroatoms. The summed E-state index contributed by atoms with van der Waals surface area (Å²) in [5, 5.41) is 0. The molecule has 0 N–H and O–H groups in total. The van der Waals surface area contributed by atoms with E-state index in [1.54, 1.807) is 31.1 Å². The summed E-state index contributed by atoms with van der Waals surface area (Å²) in [7, 11) is 3.46. The molecule has 0 heterocycles. The second kappa shape index (κ2) is 5.65. The quantitative estimate of drug-likeness (QED) is 0.827. The number of rotatable bonds is 3. The van der Waals surface area contributed by atoms with Crippen LogP contribution in [0.2, 0.25) is 0 Å². The molecule has 0 aliphatic rings. The molecule has 0 aliphatic carbocycles. The summed E-state index contributed by atoms with van der Waals surface area (Å²) in [5.41, 5.74) is 2.32. The normalized spacial score (nSPS) is 10.3. The number of likely N-dealkylation sites (N-methyl/N-ethyl adjacent to an activating group) is 1. The molecule has 0 radical (unpaired) electrons. The number of carbonyl (C=O) groups is 1. The van der Waals surface area contributed by atoms with Gasteiger partial charge < -0.3 is 4.90 Å². The van der Waals surface area contributed by atoms with E-state index in [1.165, 1.54) is 6.07 Å². The number of hydrogen-bond donors (Lipinski definition) is 0. The second-order valence-corrected chi connectivity index (χ2v) is 4.64. The minimum absolute atomic E-state index is 0.0543. The van der Waals surface area contributed by atoms with Crippen molar-refractivity contribution in [3.8, 4) is 11.1 Å². The summed E-state index contributed by atoms with van der Waals surface area (Å²) in [5.74, 6) is -0.182. The standard InChI is InChI=1S/C16H16FNO/c1-18(2)16(19)11-12-7-9-13(10-8-12)14-5-3-4-6-15(14)17/h3-10H,11H2,1-2H3. The summed E-state index contributed by atoms with van der Waals surface area (Å²) in [4.78, 5) is 13.1. The summed E-state index contributed by atoms with van der Waals surface area (Å²) >= 11 is 0. The Morgan fingerprint density at radius 3 is 2.26 bits per heavy atom. The van der Waals surface area contributed by atoms with Crippen molar-refractivity contribution in [3.05, 3.63) is 59.9 Å². The second-order valence-electron chi connectivity index (χ2n) is 4.64. The largest absolute Gasteiger partial charge is 0.349 e. The van der Waals surface area contributed by atoms with Crippen molar-refractivity contribution < 1.29 is 9.18 Å². The third kappa shape index (κ3) is 3.19. The van der Waals surface area contributed by atoms with Crippen LogP contribution in [0.5, 0.6) is 0 Å². The highest BCUT2D eigenvalue weighted by Crippen LogP contribution is 2.22. The van der Waals surface area contributed by atoms with Gasteiger partial charge in [0.2, 0.25) is 5.91 Å². The molecule has 0 aromatic heterocycles. The van der Waals surface area contributed by atoms with Crippen molar-refractivity contribution in [2.75, 3.05) is 14.1 Å². The third-order valence-electron chi connectivity index (χ3n) is 2.99. The van der Waals surface area contributed by atoms with E-state index in [1.807, 2.05) is 30.3 Å². The smallest absolute Gasteiger partial charge is 0.226 e. The van der Waals surface area contributed by atoms with E-state index < -0.39 is 0 Å². The Bertz CT molecular complexity index is 576. The van der Waals surface area contributed by atoms with Gasteiger partial charge in [0.15, 0.2) is 0 Å². The van der Waals surface area contributed by atoms with Crippen LogP contribution in [0.3, 0.4) is 0 Å². The molecule has 0 fully saturated rings. The molecule has 0 saturated carbocycles. The average molecular weight is 257 g/mol. The maximum atomic E-state index is 13.6. The van der Waals surface area contributed by atoms with Crippen LogP contribution in [0.4, 0.5) is 4.39 Å². The highest BCUT2D eigenvalue weighted by molar-refractivity contribution is 5.78. The van der Waals surface area contributed by atoms with Crippen molar-refractivity contribution in [1.82, 2.24) is 4.90 Å². The molecule has 0 unspecified atom stereocenters. The minimum Gasteiger partial charge on any atom is -0.349 e. The molecule has 98 valence electrons. The number of nitrogens with zero attached hydrogens (tertiary/aromatic N) is 1. The lowest BCUT2D eigenvalue weighted by atomic mass is 10.0. The van der Waals surface area contributed by atoms with Crippen molar-refractivity contribution >= 4 is 5.91 Å². The maximum absolute atomic E-state index is 13.6. The molecule has 0 bridgehead atoms. The Labute approximate surface area is 112 Å². The van der Waals surface area contributed by atoms with Gasteiger partial charge in [0, 0.05) is 19.7 Å². The fourth-order valence-corrected chi connectivity index (χ4v) is 1.83. The third-order valence-corrected chi connectivity index (χ3v) is 2.99. The topological polar surface area (TPSA) is 20.3 Å². The van der Waals surface area contributed by atoms with E-state index in [4.69, 9.17) is 0 Å². The van der Waals surface area contributed by atoms with Crippen LogP contribution in [0.1, 0.15) is 5.56 Å². The molecule has 2 aromatic carbocycles. The van der Waals surface area contributed by atoms with Gasteiger partial charge in [-0.15, -0.1) is 0 Å². The van der Waals surface area contributed by atoms with Gasteiger partial charge in [0.25, 0.3) is 0 Å². The Balaban J connectivity index is 2.20. The zero-order valence-electron chi connectivity index (χ0n) is 11.1. The number of halogens is 1. The Morgan fingerprint density at radius 2 is 1.68 bits per heavy atom. The average Bonchev–Trinajstić information content (AvgIpc) is 2.40. The van der Waals surface area contributed by atoms with Crippen molar-refractivity contribution in [3.63, 3.8) is 0 Å². The van der Waals surface area contributed by atoms with Gasteiger partial charge >= 0.3 is 0 Å². The molecule has 1 amide bonds. The zero-order valence-corrected chi connectivity index (χ0v) is 11.1. The van der Waals surface area contributed by atoms with Crippen molar-refractivity contribution in [2.45, 2.75) is 6.42 Å². The van der Waals surface area contributed by atoms with Crippen molar-refractivity contribution in [2.24, 2.45) is 0 Å². The van der Waals surface area contributed by atoms with Gasteiger partial charge in [0.1, 0.15) is 5.82 Å². The van der Waals surface area contributed by atoms with Crippen LogP contribution >= 0.6 is 0 Å². The predicted octanol–water partition coefficient (Wildman–Crippen LogP) is 3.12. The van der Waals surface area contributed by atoms with Crippen LogP contribution in [0, 0.1) is 5.82 Å². The Morgan fingerprint density at radius 1 is 1.05 bits per heavy atom. The number of carbonyl (C=O) groups excluding carboxylic acids is 1. The lowest BCUT2D eigenvalue weighted by Crippen LogP contribution is -2.23. The van der Waals surface area contributed by atoms with Gasteiger partial charge in [-0.25, -0.2) is 4.39 Å². The van der Waals surface area contributed by atoms with E-state index >= 15 is 0 Å². The van der Waals surface area contributed by atoms with Gasteiger partial charge in [-0.1, -0.05) is 42.5 Å². The molecule has 0 spiro atoms. The van der Waals surface area contributed by atoms with Crippen molar-refractivity contribution in [1.29, 1.82) is 0 Å². The molecule has 0 atom stereocenters. The van der Waals surface area contributed by atoms with E-state index in [0.29, 0.717) is 12.0 Å². The Hall–Kier alpha value is -2.16. The molecule has 2 aromatic rings. The van der Waals surface area contributed by atoms with Gasteiger partial charge in [-0.05, 0) is 17.2 Å². The van der Waals surface area contributed by atoms with Gasteiger partial charge in [-0.3, -0.25) is 4.79 Å². The fourth-order valence-electron chi connectivity index (χ4n) is 1.83. The molecule has 2 rings (SSSR count). The van der Waals surface area contributed by atoms with E-state index in [-0.39, 0.29) is 11.7 Å². The SMILES string of the molecule is CN(C)C(=O)Cc1ccc(-c2ccccc2F)cc1. The lowest BCUT2D eigenvalue weighted by Gasteiger charge is -2.10. The monoisotopic (exact) mass is 257 g/mol. The molecular formula is C16H16FNO. The van der Waals surface area contributed by atoms with Gasteiger partial charge in [0.05, 0.1) is 6.42 Å². The highest BCUT2D eigenvalue weighted by Gasteiger charge is 2.07. The molecule has 0 aliphatic heterocycles.